The molecule has 4 rings (SSSR count). The summed E-state index contributed by atoms with van der Waals surface area (Å²) < 4.78 is 75.2. The van der Waals surface area contributed by atoms with Crippen molar-refractivity contribution in [2.45, 2.75) is 41.4 Å². The number of rotatable bonds is 7. The summed E-state index contributed by atoms with van der Waals surface area (Å²) in [6.07, 6.45) is 0.383. The number of Topliss-reactive ketones (excluding diaryl/α,β-unsaturated/α-hetero) is 1. The maximum absolute atomic E-state index is 15.3. The van der Waals surface area contributed by atoms with Gasteiger partial charge in [0.25, 0.3) is 5.06 Å². The third-order valence-corrected chi connectivity index (χ3v) is 10.1. The predicted molar refractivity (Wildman–Crippen MR) is 128 cm³/mol. The molecule has 0 radical (unpaired) electrons. The third kappa shape index (κ3) is 4.57. The van der Waals surface area contributed by atoms with Crippen LogP contribution in [-0.4, -0.2) is 34.8 Å². The van der Waals surface area contributed by atoms with E-state index in [0.29, 0.717) is 17.8 Å². The lowest BCUT2D eigenvalue weighted by Gasteiger charge is -2.38. The van der Waals surface area contributed by atoms with Gasteiger partial charge >= 0.3 is 0 Å². The van der Waals surface area contributed by atoms with Gasteiger partial charge in [0, 0.05) is 36.2 Å². The van der Waals surface area contributed by atoms with Crippen molar-refractivity contribution in [2.24, 2.45) is 11.7 Å². The van der Waals surface area contributed by atoms with Gasteiger partial charge in [0.05, 0.1) is 10.1 Å². The highest BCUT2D eigenvalue weighted by atomic mass is 35.5. The minimum atomic E-state index is -3.78. The summed E-state index contributed by atoms with van der Waals surface area (Å²) >= 11 is 6.85. The lowest BCUT2D eigenvalue weighted by Crippen LogP contribution is -2.52. The summed E-state index contributed by atoms with van der Waals surface area (Å²) in [5.74, 6) is -4.83. The number of benzene rings is 2. The number of nitrogens with zero attached hydrogens (tertiary/aromatic N) is 1. The molecule has 0 saturated heterocycles. The zero-order chi connectivity index (χ0) is 26.4. The van der Waals surface area contributed by atoms with Crippen molar-refractivity contribution >= 4 is 50.8 Å². The Morgan fingerprint density at radius 1 is 1.22 bits per heavy atom. The molecule has 13 heteroatoms. The first-order chi connectivity index (χ1) is 16.9. The number of carbonyl (C=O) groups excluding carboxylic acids is 2. The van der Waals surface area contributed by atoms with Crippen LogP contribution in [0, 0.1) is 17.6 Å². The molecule has 1 aliphatic carbocycles. The van der Waals surface area contributed by atoms with Gasteiger partial charge in [-0.1, -0.05) is 12.1 Å². The zero-order valence-corrected chi connectivity index (χ0v) is 21.1. The van der Waals surface area contributed by atoms with Gasteiger partial charge in [-0.15, -0.1) is 0 Å². The number of hydrogen-bond acceptors (Lipinski definition) is 7. The number of hydrogen-bond donors (Lipinski definition) is 1. The Kier molecular flexibility index (Phi) is 7.06. The van der Waals surface area contributed by atoms with Crippen molar-refractivity contribution in [3.05, 3.63) is 64.8 Å². The standard InChI is InChI=1S/C23H20ClF3N2O5S2/c1-12(22(28)31)23(34-19-9-4-14(25)10-18(19)26)29(24)20(21(27)35-23)13-2-6-16(7-3-13)36(32,33)17-8-5-15(30)11-17/h2-4,6-7,9-10,12,17H,5,8,11H2,1H3,(H2,28,31). The highest BCUT2D eigenvalue weighted by Crippen LogP contribution is 2.55. The van der Waals surface area contributed by atoms with E-state index in [2.05, 4.69) is 0 Å². The summed E-state index contributed by atoms with van der Waals surface area (Å²) in [5, 5.41) is -3.81. The SMILES string of the molecule is CC(C(N)=O)C1(Oc2ccc(F)cc2F)SC(F)=C(c2ccc(S(=O)(=O)C3CCC(=O)C3)cc2)N1Cl. The highest BCUT2D eigenvalue weighted by molar-refractivity contribution is 8.04. The van der Waals surface area contributed by atoms with Crippen LogP contribution in [0.25, 0.3) is 5.70 Å². The van der Waals surface area contributed by atoms with Crippen LogP contribution in [0.4, 0.5) is 13.2 Å². The monoisotopic (exact) mass is 560 g/mol. The molecule has 2 N–H and O–H groups in total. The van der Waals surface area contributed by atoms with E-state index in [4.69, 9.17) is 22.2 Å². The Bertz CT molecular complexity index is 1370. The molecule has 1 amide bonds. The molecule has 2 aromatic carbocycles. The molecule has 192 valence electrons. The van der Waals surface area contributed by atoms with E-state index in [-0.39, 0.29) is 41.2 Å². The van der Waals surface area contributed by atoms with E-state index in [0.717, 1.165) is 16.6 Å². The van der Waals surface area contributed by atoms with Gasteiger partial charge in [0.1, 0.15) is 23.2 Å². The smallest absolute Gasteiger partial charge is 0.263 e. The zero-order valence-electron chi connectivity index (χ0n) is 18.7. The molecule has 0 bridgehead atoms. The quantitative estimate of drug-likeness (QED) is 0.496. The van der Waals surface area contributed by atoms with Crippen molar-refractivity contribution in [2.75, 3.05) is 0 Å². The Morgan fingerprint density at radius 3 is 2.44 bits per heavy atom. The van der Waals surface area contributed by atoms with Gasteiger partial charge in [0.2, 0.25) is 5.91 Å². The highest BCUT2D eigenvalue weighted by Gasteiger charge is 2.56. The van der Waals surface area contributed by atoms with Crippen LogP contribution in [0.2, 0.25) is 0 Å². The van der Waals surface area contributed by atoms with Crippen LogP contribution in [0.5, 0.6) is 5.75 Å². The van der Waals surface area contributed by atoms with E-state index in [1.54, 1.807) is 0 Å². The minimum Gasteiger partial charge on any atom is -0.453 e. The topological polar surface area (TPSA) is 107 Å². The lowest BCUT2D eigenvalue weighted by atomic mass is 10.1. The van der Waals surface area contributed by atoms with Gasteiger partial charge in [-0.2, -0.15) is 4.39 Å². The fourth-order valence-corrected chi connectivity index (χ4v) is 7.42. The first kappa shape index (κ1) is 26.4. The van der Waals surface area contributed by atoms with Crippen molar-refractivity contribution < 1.29 is 35.9 Å². The normalized spacial score (nSPS) is 23.3. The Balaban J connectivity index is 1.68. The fraction of sp³-hybridized carbons (Fsp3) is 0.304. The van der Waals surface area contributed by atoms with E-state index < -0.39 is 54.5 Å². The number of sulfone groups is 1. The average Bonchev–Trinajstić information content (AvgIpc) is 3.37. The molecule has 0 spiro atoms. The van der Waals surface area contributed by atoms with E-state index in [9.17, 15) is 26.8 Å². The van der Waals surface area contributed by atoms with E-state index in [1.807, 2.05) is 0 Å². The maximum Gasteiger partial charge on any atom is 0.263 e. The summed E-state index contributed by atoms with van der Waals surface area (Å²) in [5.41, 5.74) is 5.31. The molecule has 3 atom stereocenters. The number of ether oxygens (including phenoxy) is 1. The number of amides is 1. The van der Waals surface area contributed by atoms with Crippen molar-refractivity contribution in [3.63, 3.8) is 0 Å². The largest absolute Gasteiger partial charge is 0.453 e. The van der Waals surface area contributed by atoms with E-state index in [1.165, 1.54) is 31.2 Å². The van der Waals surface area contributed by atoms with Gasteiger partial charge in [-0.25, -0.2) is 21.6 Å². The summed E-state index contributed by atoms with van der Waals surface area (Å²) in [7, 11) is -3.78. The van der Waals surface area contributed by atoms with Gasteiger partial charge in [-0.05, 0) is 49.4 Å². The number of halogens is 4. The van der Waals surface area contributed by atoms with Gasteiger partial charge in [0.15, 0.2) is 26.6 Å². The van der Waals surface area contributed by atoms with Crippen LogP contribution in [-0.2, 0) is 19.4 Å². The van der Waals surface area contributed by atoms with Crippen LogP contribution < -0.4 is 10.5 Å². The van der Waals surface area contributed by atoms with Crippen LogP contribution in [0.1, 0.15) is 31.7 Å². The van der Waals surface area contributed by atoms with Crippen LogP contribution >= 0.6 is 23.5 Å². The van der Waals surface area contributed by atoms with Crippen molar-refractivity contribution in [1.29, 1.82) is 0 Å². The number of nitrogens with two attached hydrogens (primary N) is 1. The average molecular weight is 561 g/mol. The molecule has 7 nitrogen and oxygen atoms in total. The second kappa shape index (κ2) is 9.64. The minimum absolute atomic E-state index is 0.0415. The predicted octanol–water partition coefficient (Wildman–Crippen LogP) is 4.51. The molecule has 1 aliphatic heterocycles. The summed E-state index contributed by atoms with van der Waals surface area (Å²) in [6, 6.07) is 7.60. The maximum atomic E-state index is 15.3. The van der Waals surface area contributed by atoms with Gasteiger partial charge in [-0.3, -0.25) is 9.59 Å². The fourth-order valence-electron chi connectivity index (χ4n) is 4.02. The van der Waals surface area contributed by atoms with Crippen molar-refractivity contribution in [3.8, 4) is 5.75 Å². The molecular formula is C23H20ClF3N2O5S2. The Hall–Kier alpha value is -2.70. The first-order valence-electron chi connectivity index (χ1n) is 10.7. The molecular weight excluding hydrogens is 541 g/mol. The van der Waals surface area contributed by atoms with Crippen LogP contribution in [0.15, 0.2) is 52.5 Å². The molecule has 36 heavy (non-hydrogen) atoms. The number of ketones is 1. The van der Waals surface area contributed by atoms with Gasteiger partial charge < -0.3 is 10.5 Å². The molecule has 2 aliphatic rings. The second-order valence-corrected chi connectivity index (χ2v) is 12.1. The number of carbonyl (C=O) groups is 2. The van der Waals surface area contributed by atoms with E-state index >= 15 is 4.39 Å². The molecule has 2 aromatic rings. The Morgan fingerprint density at radius 2 is 1.89 bits per heavy atom. The summed E-state index contributed by atoms with van der Waals surface area (Å²) in [6.45, 7) is 1.31. The molecule has 0 aromatic heterocycles. The molecule has 3 unspecified atom stereocenters. The number of primary amides is 1. The summed E-state index contributed by atoms with van der Waals surface area (Å²) in [4.78, 5) is 23.6. The molecule has 1 fully saturated rings. The second-order valence-electron chi connectivity index (χ2n) is 8.41. The van der Waals surface area contributed by atoms with Crippen LogP contribution in [0.3, 0.4) is 0 Å². The Labute approximate surface area is 214 Å². The molecule has 1 saturated carbocycles. The van der Waals surface area contributed by atoms with Crippen molar-refractivity contribution in [1.82, 2.24) is 4.42 Å². The molecule has 1 heterocycles. The third-order valence-electron chi connectivity index (χ3n) is 6.11. The number of thioether (sulfide) groups is 1. The first-order valence-corrected chi connectivity index (χ1v) is 13.4. The lowest BCUT2D eigenvalue weighted by molar-refractivity contribution is -0.127.